The number of aryl methyl sites for hydroxylation is 2. The number of halogens is 1. The molecule has 0 aliphatic heterocycles. The Morgan fingerprint density at radius 2 is 1.94 bits per heavy atom. The zero-order valence-corrected chi connectivity index (χ0v) is 9.92. The van der Waals surface area contributed by atoms with Crippen LogP contribution >= 0.6 is 11.6 Å². The Labute approximate surface area is 99.3 Å². The Bertz CT molecular complexity index is 538. The third-order valence-electron chi connectivity index (χ3n) is 2.42. The SMILES string of the molecule is Cc1cc(-c2nccc(N)n2)c(C)cc1Cl. The van der Waals surface area contributed by atoms with E-state index in [1.54, 1.807) is 12.3 Å². The Kier molecular flexibility index (Phi) is 2.79. The molecular formula is C12H12ClN3. The van der Waals surface area contributed by atoms with Crippen molar-refractivity contribution in [3.8, 4) is 11.4 Å². The smallest absolute Gasteiger partial charge is 0.161 e. The molecule has 82 valence electrons. The van der Waals surface area contributed by atoms with Crippen LogP contribution in [0.4, 0.5) is 5.82 Å². The number of hydrogen-bond acceptors (Lipinski definition) is 3. The molecule has 3 nitrogen and oxygen atoms in total. The quantitative estimate of drug-likeness (QED) is 0.824. The van der Waals surface area contributed by atoms with E-state index in [9.17, 15) is 0 Å². The lowest BCUT2D eigenvalue weighted by Crippen LogP contribution is -1.96. The van der Waals surface area contributed by atoms with E-state index in [2.05, 4.69) is 9.97 Å². The topological polar surface area (TPSA) is 51.8 Å². The molecule has 0 radical (unpaired) electrons. The van der Waals surface area contributed by atoms with Crippen molar-refractivity contribution in [2.45, 2.75) is 13.8 Å². The van der Waals surface area contributed by atoms with Crippen molar-refractivity contribution in [2.75, 3.05) is 5.73 Å². The summed E-state index contributed by atoms with van der Waals surface area (Å²) in [5.41, 5.74) is 8.65. The highest BCUT2D eigenvalue weighted by Gasteiger charge is 2.07. The molecule has 0 saturated heterocycles. The number of hydrogen-bond donors (Lipinski definition) is 1. The van der Waals surface area contributed by atoms with Gasteiger partial charge in [-0.15, -0.1) is 0 Å². The average molecular weight is 234 g/mol. The van der Waals surface area contributed by atoms with E-state index < -0.39 is 0 Å². The molecule has 0 spiro atoms. The summed E-state index contributed by atoms with van der Waals surface area (Å²) in [7, 11) is 0. The first kappa shape index (κ1) is 10.9. The van der Waals surface area contributed by atoms with Crippen LogP contribution in [0.25, 0.3) is 11.4 Å². The van der Waals surface area contributed by atoms with Crippen LogP contribution in [0, 0.1) is 13.8 Å². The van der Waals surface area contributed by atoms with Gasteiger partial charge in [0.1, 0.15) is 5.82 Å². The first-order valence-corrected chi connectivity index (χ1v) is 5.31. The number of nitrogen functional groups attached to an aromatic ring is 1. The Morgan fingerprint density at radius 1 is 1.19 bits per heavy atom. The second-order valence-electron chi connectivity index (χ2n) is 3.72. The normalized spacial score (nSPS) is 10.4. The van der Waals surface area contributed by atoms with E-state index >= 15 is 0 Å². The first-order chi connectivity index (χ1) is 7.58. The highest BCUT2D eigenvalue weighted by atomic mass is 35.5. The van der Waals surface area contributed by atoms with Gasteiger partial charge in [-0.3, -0.25) is 0 Å². The number of nitrogens with zero attached hydrogens (tertiary/aromatic N) is 2. The van der Waals surface area contributed by atoms with E-state index in [4.69, 9.17) is 17.3 Å². The molecule has 1 aromatic heterocycles. The van der Waals surface area contributed by atoms with Gasteiger partial charge in [0.15, 0.2) is 5.82 Å². The standard InChI is InChI=1S/C12H12ClN3/c1-7-6-10(13)8(2)5-9(7)12-15-4-3-11(14)16-12/h3-6H,1-2H3,(H2,14,15,16). The average Bonchev–Trinajstić information content (AvgIpc) is 2.23. The third kappa shape index (κ3) is 1.99. The summed E-state index contributed by atoms with van der Waals surface area (Å²) in [5, 5.41) is 0.755. The van der Waals surface area contributed by atoms with Gasteiger partial charge in [-0.1, -0.05) is 11.6 Å². The summed E-state index contributed by atoms with van der Waals surface area (Å²) < 4.78 is 0. The summed E-state index contributed by atoms with van der Waals surface area (Å²) in [6.07, 6.45) is 1.65. The van der Waals surface area contributed by atoms with Crippen LogP contribution in [0.1, 0.15) is 11.1 Å². The van der Waals surface area contributed by atoms with Gasteiger partial charge in [0, 0.05) is 16.8 Å². The molecule has 0 aliphatic carbocycles. The van der Waals surface area contributed by atoms with Gasteiger partial charge in [-0.05, 0) is 43.2 Å². The Balaban J connectivity index is 2.60. The van der Waals surface area contributed by atoms with Crippen molar-refractivity contribution < 1.29 is 0 Å². The van der Waals surface area contributed by atoms with Crippen molar-refractivity contribution in [3.05, 3.63) is 40.5 Å². The number of nitrogens with two attached hydrogens (primary N) is 1. The molecule has 2 rings (SSSR count). The molecule has 0 atom stereocenters. The fourth-order valence-corrected chi connectivity index (χ4v) is 1.74. The fraction of sp³-hybridized carbons (Fsp3) is 0.167. The van der Waals surface area contributed by atoms with E-state index in [1.165, 1.54) is 0 Å². The number of rotatable bonds is 1. The molecule has 2 N–H and O–H groups in total. The summed E-state index contributed by atoms with van der Waals surface area (Å²) in [6.45, 7) is 3.94. The van der Waals surface area contributed by atoms with Gasteiger partial charge in [0.25, 0.3) is 0 Å². The predicted molar refractivity (Wildman–Crippen MR) is 66.4 cm³/mol. The molecule has 0 bridgehead atoms. The molecule has 0 amide bonds. The summed E-state index contributed by atoms with van der Waals surface area (Å²) >= 11 is 6.04. The largest absolute Gasteiger partial charge is 0.384 e. The molecule has 1 aromatic carbocycles. The zero-order valence-electron chi connectivity index (χ0n) is 9.16. The minimum absolute atomic E-state index is 0.469. The molecule has 2 aromatic rings. The summed E-state index contributed by atoms with van der Waals surface area (Å²) in [4.78, 5) is 8.41. The summed E-state index contributed by atoms with van der Waals surface area (Å²) in [5.74, 6) is 1.11. The van der Waals surface area contributed by atoms with Crippen molar-refractivity contribution in [3.63, 3.8) is 0 Å². The van der Waals surface area contributed by atoms with Gasteiger partial charge in [-0.2, -0.15) is 0 Å². The summed E-state index contributed by atoms with van der Waals surface area (Å²) in [6, 6.07) is 5.56. The van der Waals surface area contributed by atoms with Crippen LogP contribution in [-0.2, 0) is 0 Å². The lowest BCUT2D eigenvalue weighted by Gasteiger charge is -2.07. The third-order valence-corrected chi connectivity index (χ3v) is 2.83. The second kappa shape index (κ2) is 4.10. The zero-order chi connectivity index (χ0) is 11.7. The van der Waals surface area contributed by atoms with Crippen LogP contribution in [-0.4, -0.2) is 9.97 Å². The molecular weight excluding hydrogens is 222 g/mol. The number of aromatic nitrogens is 2. The van der Waals surface area contributed by atoms with Crippen LogP contribution in [0.3, 0.4) is 0 Å². The molecule has 16 heavy (non-hydrogen) atoms. The van der Waals surface area contributed by atoms with E-state index in [-0.39, 0.29) is 0 Å². The van der Waals surface area contributed by atoms with Crippen LogP contribution in [0.15, 0.2) is 24.4 Å². The van der Waals surface area contributed by atoms with Gasteiger partial charge >= 0.3 is 0 Å². The lowest BCUT2D eigenvalue weighted by atomic mass is 10.0. The van der Waals surface area contributed by atoms with E-state index in [0.29, 0.717) is 11.6 Å². The number of anilines is 1. The minimum Gasteiger partial charge on any atom is -0.384 e. The van der Waals surface area contributed by atoms with Crippen LogP contribution in [0.2, 0.25) is 5.02 Å². The van der Waals surface area contributed by atoms with Gasteiger partial charge < -0.3 is 5.73 Å². The number of benzene rings is 1. The highest BCUT2D eigenvalue weighted by molar-refractivity contribution is 6.31. The first-order valence-electron chi connectivity index (χ1n) is 4.93. The van der Waals surface area contributed by atoms with E-state index in [0.717, 1.165) is 21.7 Å². The van der Waals surface area contributed by atoms with Crippen molar-refractivity contribution >= 4 is 17.4 Å². The van der Waals surface area contributed by atoms with Gasteiger partial charge in [-0.25, -0.2) is 9.97 Å². The minimum atomic E-state index is 0.469. The molecule has 0 saturated carbocycles. The monoisotopic (exact) mass is 233 g/mol. The van der Waals surface area contributed by atoms with Crippen molar-refractivity contribution in [1.82, 2.24) is 9.97 Å². The lowest BCUT2D eigenvalue weighted by molar-refractivity contribution is 1.17. The fourth-order valence-electron chi connectivity index (χ4n) is 1.52. The second-order valence-corrected chi connectivity index (χ2v) is 4.13. The van der Waals surface area contributed by atoms with Gasteiger partial charge in [0.05, 0.1) is 0 Å². The predicted octanol–water partition coefficient (Wildman–Crippen LogP) is 3.00. The van der Waals surface area contributed by atoms with Crippen LogP contribution in [0.5, 0.6) is 0 Å². The van der Waals surface area contributed by atoms with Crippen molar-refractivity contribution in [2.24, 2.45) is 0 Å². The maximum atomic E-state index is 6.04. The maximum absolute atomic E-state index is 6.04. The van der Waals surface area contributed by atoms with E-state index in [1.807, 2.05) is 26.0 Å². The Morgan fingerprint density at radius 3 is 2.62 bits per heavy atom. The van der Waals surface area contributed by atoms with Crippen LogP contribution < -0.4 is 5.73 Å². The molecule has 0 aliphatic rings. The Hall–Kier alpha value is -1.61. The highest BCUT2D eigenvalue weighted by Crippen LogP contribution is 2.26. The molecule has 0 fully saturated rings. The molecule has 4 heteroatoms. The molecule has 0 unspecified atom stereocenters. The maximum Gasteiger partial charge on any atom is 0.161 e. The van der Waals surface area contributed by atoms with Crippen molar-refractivity contribution in [1.29, 1.82) is 0 Å². The van der Waals surface area contributed by atoms with Gasteiger partial charge in [0.2, 0.25) is 0 Å². The molecule has 1 heterocycles.